The Morgan fingerprint density at radius 2 is 0.500 bits per heavy atom. The zero-order chi connectivity index (χ0) is 0. The van der Waals surface area contributed by atoms with Crippen LogP contribution < -0.4 is 0 Å². The molecule has 0 aromatic carbocycles. The Morgan fingerprint density at radius 1 is 0.500 bits per heavy atom. The molecule has 4 heavy (non-hydrogen) atoms. The average molecular weight is 232 g/mol. The molecule has 0 heterocycles. The van der Waals surface area contributed by atoms with Gasteiger partial charge in [0.1, 0.15) is 0 Å². The first-order chi connectivity index (χ1) is 0. The van der Waals surface area contributed by atoms with Crippen LogP contribution in [0.2, 0.25) is 0 Å². The summed E-state index contributed by atoms with van der Waals surface area (Å²) in [6, 6.07) is 0. The van der Waals surface area contributed by atoms with Gasteiger partial charge in [-0.05, 0) is 0 Å². The molecule has 32 valence electrons. The van der Waals surface area contributed by atoms with Crippen LogP contribution in [0.5, 0.6) is 0 Å². The van der Waals surface area contributed by atoms with Crippen LogP contribution in [-0.2, 0) is 0 Å². The number of rotatable bonds is 0. The molecular formula is H11P3Te. The molecule has 0 aliphatic carbocycles. The molecule has 0 bridgehead atoms. The van der Waals surface area contributed by atoms with Gasteiger partial charge in [0.25, 0.3) is 0 Å². The van der Waals surface area contributed by atoms with E-state index in [9.17, 15) is 0 Å². The van der Waals surface area contributed by atoms with Gasteiger partial charge in [-0.15, -0.1) is 0 Å². The second kappa shape index (κ2) is 19.5. The average Bonchev–Trinajstić information content (AvgIpc) is 0. The normalized spacial score (nSPS) is 0. The van der Waals surface area contributed by atoms with Gasteiger partial charge in [0.15, 0.2) is 0 Å². The molecule has 4 heteroatoms. The van der Waals surface area contributed by atoms with Crippen LogP contribution in [0.25, 0.3) is 0 Å². The molecule has 0 N–H and O–H groups in total. The Kier molecular flexibility index (Phi) is 177. The molecule has 0 radical (unpaired) electrons. The monoisotopic (exact) mass is 234 g/mol. The first kappa shape index (κ1) is 36.3. The van der Waals surface area contributed by atoms with E-state index >= 15 is 0 Å². The Balaban J connectivity index is 0. The van der Waals surface area contributed by atoms with Crippen LogP contribution in [0.4, 0.5) is 0 Å². The van der Waals surface area contributed by atoms with Crippen molar-refractivity contribution in [1.29, 1.82) is 0 Å². The van der Waals surface area contributed by atoms with E-state index in [0.29, 0.717) is 0 Å². The van der Waals surface area contributed by atoms with E-state index in [2.05, 4.69) is 0 Å². The van der Waals surface area contributed by atoms with Crippen molar-refractivity contribution >= 4 is 53.4 Å². The van der Waals surface area contributed by atoms with Crippen molar-refractivity contribution in [2.75, 3.05) is 0 Å². The van der Waals surface area contributed by atoms with Crippen LogP contribution in [0, 0.1) is 0 Å². The van der Waals surface area contributed by atoms with Crippen molar-refractivity contribution in [1.82, 2.24) is 0 Å². The van der Waals surface area contributed by atoms with Crippen molar-refractivity contribution in [3.63, 3.8) is 0 Å². The predicted molar refractivity (Wildman–Crippen MR) is 41.9 cm³/mol. The van der Waals surface area contributed by atoms with E-state index in [1.54, 1.807) is 0 Å². The van der Waals surface area contributed by atoms with Crippen molar-refractivity contribution in [2.45, 2.75) is 0 Å². The van der Waals surface area contributed by atoms with Gasteiger partial charge in [-0.3, -0.25) is 0 Å². The first-order valence-electron chi connectivity index (χ1n) is 0. The summed E-state index contributed by atoms with van der Waals surface area (Å²) < 4.78 is 0. The van der Waals surface area contributed by atoms with Gasteiger partial charge in [-0.25, -0.2) is 0 Å². The fourth-order valence-electron chi connectivity index (χ4n) is 0. The van der Waals surface area contributed by atoms with Gasteiger partial charge in [-0.2, -0.15) is 29.7 Å². The molecule has 0 aromatic rings. The Morgan fingerprint density at radius 3 is 0.500 bits per heavy atom. The third kappa shape index (κ3) is 8.95. The van der Waals surface area contributed by atoms with Crippen LogP contribution >= 0.6 is 29.7 Å². The number of hydrogen-bond acceptors (Lipinski definition) is 0. The number of hydrogen-bond donors (Lipinski definition) is 0. The first-order valence-corrected chi connectivity index (χ1v) is 0. The Bertz CT molecular complexity index is 3.25. The second-order valence-electron chi connectivity index (χ2n) is 0. The Labute approximate surface area is 53.5 Å². The molecule has 0 aliphatic rings. The van der Waals surface area contributed by atoms with Gasteiger partial charge in [0.05, 0.1) is 0 Å². The fraction of sp³-hybridized carbons (Fsp3) is 0. The maximum atomic E-state index is 0. The standard InChI is InChI=1S/3H3P.H2Te/h3*1H3;1H2. The molecule has 0 aromatic heterocycles. The molecule has 0 amide bonds. The summed E-state index contributed by atoms with van der Waals surface area (Å²) in [6.07, 6.45) is 0. The van der Waals surface area contributed by atoms with Gasteiger partial charge in [0, 0.05) is 0 Å². The van der Waals surface area contributed by atoms with Crippen LogP contribution in [0.15, 0.2) is 0 Å². The van der Waals surface area contributed by atoms with Crippen molar-refractivity contribution in [2.24, 2.45) is 0 Å². The summed E-state index contributed by atoms with van der Waals surface area (Å²) in [4.78, 5) is 0. The van der Waals surface area contributed by atoms with Crippen LogP contribution in [-0.4, -0.2) is 23.7 Å². The molecule has 3 unspecified atom stereocenters. The molecule has 0 aliphatic heterocycles. The van der Waals surface area contributed by atoms with Crippen LogP contribution in [0.1, 0.15) is 0 Å². The molecule has 0 fully saturated rings. The molecule has 0 nitrogen and oxygen atoms in total. The van der Waals surface area contributed by atoms with E-state index in [0.717, 1.165) is 0 Å². The Hall–Kier alpha value is 2.08. The summed E-state index contributed by atoms with van der Waals surface area (Å²) >= 11 is 0. The van der Waals surface area contributed by atoms with Crippen LogP contribution in [0.3, 0.4) is 0 Å². The van der Waals surface area contributed by atoms with Gasteiger partial charge in [-0.1, -0.05) is 0 Å². The summed E-state index contributed by atoms with van der Waals surface area (Å²) in [5, 5.41) is 0. The van der Waals surface area contributed by atoms with E-state index < -0.39 is 0 Å². The molecule has 0 saturated heterocycles. The summed E-state index contributed by atoms with van der Waals surface area (Å²) in [6.45, 7) is 0. The second-order valence-corrected chi connectivity index (χ2v) is 0. The molecule has 0 saturated carbocycles. The van der Waals surface area contributed by atoms with Crippen molar-refractivity contribution < 1.29 is 0 Å². The van der Waals surface area contributed by atoms with E-state index in [4.69, 9.17) is 0 Å². The van der Waals surface area contributed by atoms with Gasteiger partial charge in [0.2, 0.25) is 0 Å². The van der Waals surface area contributed by atoms with Crippen molar-refractivity contribution in [3.05, 3.63) is 0 Å². The SMILES string of the molecule is P.P.P.[TeH2]. The third-order valence-corrected chi connectivity index (χ3v) is 0. The quantitative estimate of drug-likeness (QED) is 0.381. The van der Waals surface area contributed by atoms with Crippen molar-refractivity contribution in [3.8, 4) is 0 Å². The minimum atomic E-state index is 0. The topological polar surface area (TPSA) is 0 Å². The zero-order valence-corrected chi connectivity index (χ0v) is 9.72. The fourth-order valence-corrected chi connectivity index (χ4v) is 0. The van der Waals surface area contributed by atoms with E-state index in [1.807, 2.05) is 0 Å². The molecular weight excluding hydrogens is 221 g/mol. The zero-order valence-electron chi connectivity index (χ0n) is 2.62. The predicted octanol–water partition coefficient (Wildman–Crippen LogP) is -0.742. The summed E-state index contributed by atoms with van der Waals surface area (Å²) in [5.74, 6) is 0. The van der Waals surface area contributed by atoms with Gasteiger partial charge < -0.3 is 0 Å². The molecule has 0 rings (SSSR count). The summed E-state index contributed by atoms with van der Waals surface area (Å²) in [5.41, 5.74) is 0. The molecule has 3 atom stereocenters. The maximum absolute atomic E-state index is 0. The summed E-state index contributed by atoms with van der Waals surface area (Å²) in [7, 11) is 0. The molecule has 0 spiro atoms. The van der Waals surface area contributed by atoms with Gasteiger partial charge >= 0.3 is 23.7 Å². The minimum absolute atomic E-state index is 0. The van der Waals surface area contributed by atoms with E-state index in [1.165, 1.54) is 0 Å². The van der Waals surface area contributed by atoms with E-state index in [-0.39, 0.29) is 53.4 Å². The third-order valence-electron chi connectivity index (χ3n) is 0.